The maximum absolute atomic E-state index is 10.3. The van der Waals surface area contributed by atoms with Gasteiger partial charge in [0.1, 0.15) is 0 Å². The van der Waals surface area contributed by atoms with E-state index < -0.39 is 5.97 Å². The molecule has 1 rings (SSSR count). The first-order chi connectivity index (χ1) is 7.50. The molecule has 3 nitrogen and oxygen atoms in total. The van der Waals surface area contributed by atoms with E-state index >= 15 is 0 Å². The highest BCUT2D eigenvalue weighted by Crippen LogP contribution is 2.21. The molecule has 0 heterocycles. The summed E-state index contributed by atoms with van der Waals surface area (Å²) in [4.78, 5) is 10.3. The minimum atomic E-state index is -0.917. The van der Waals surface area contributed by atoms with E-state index in [4.69, 9.17) is 5.11 Å². The first-order valence-corrected chi connectivity index (χ1v) is 5.22. The molecule has 0 fully saturated rings. The Morgan fingerprint density at radius 1 is 1.31 bits per heavy atom. The Hall–Kier alpha value is -1.77. The highest BCUT2D eigenvalue weighted by Gasteiger charge is 2.01. The van der Waals surface area contributed by atoms with Crippen molar-refractivity contribution in [1.82, 2.24) is 0 Å². The molecular formula is C13H17NO2. The number of hydrogen-bond acceptors (Lipinski definition) is 2. The molecule has 86 valence electrons. The number of carbonyl (C=O) groups is 1. The van der Waals surface area contributed by atoms with E-state index in [0.717, 1.165) is 11.8 Å². The molecule has 0 aliphatic carbocycles. The molecule has 0 spiro atoms. The summed E-state index contributed by atoms with van der Waals surface area (Å²) < 4.78 is 0. The van der Waals surface area contributed by atoms with Gasteiger partial charge in [0.05, 0.1) is 0 Å². The van der Waals surface area contributed by atoms with Crippen molar-refractivity contribution < 1.29 is 9.90 Å². The lowest BCUT2D eigenvalue weighted by molar-refractivity contribution is -0.131. The second kappa shape index (κ2) is 5.35. The molecule has 0 amide bonds. The standard InChI is InChI=1S/C13H17NO2/c1-9-7-10(2)13(11(3)8-9)14-6-4-5-12(15)16/h4-5,7-8,14H,6H2,1-3H3,(H,15,16)/b5-4+. The van der Waals surface area contributed by atoms with Crippen molar-refractivity contribution in [2.45, 2.75) is 20.8 Å². The topological polar surface area (TPSA) is 49.3 Å². The molecule has 0 unspecified atom stereocenters. The summed E-state index contributed by atoms with van der Waals surface area (Å²) >= 11 is 0. The van der Waals surface area contributed by atoms with Gasteiger partial charge in [0.15, 0.2) is 0 Å². The van der Waals surface area contributed by atoms with Crippen molar-refractivity contribution in [2.75, 3.05) is 11.9 Å². The Balaban J connectivity index is 2.71. The highest BCUT2D eigenvalue weighted by atomic mass is 16.4. The number of aliphatic carboxylic acids is 1. The Labute approximate surface area is 95.8 Å². The Morgan fingerprint density at radius 2 is 1.88 bits per heavy atom. The van der Waals surface area contributed by atoms with Gasteiger partial charge in [-0.15, -0.1) is 0 Å². The number of carboxylic acids is 1. The van der Waals surface area contributed by atoms with Crippen LogP contribution in [0.25, 0.3) is 0 Å². The summed E-state index contributed by atoms with van der Waals surface area (Å²) in [6, 6.07) is 4.21. The molecule has 0 aliphatic heterocycles. The van der Waals surface area contributed by atoms with Crippen LogP contribution in [-0.2, 0) is 4.79 Å². The number of nitrogens with one attached hydrogen (secondary N) is 1. The van der Waals surface area contributed by atoms with Crippen molar-refractivity contribution >= 4 is 11.7 Å². The number of rotatable bonds is 4. The van der Waals surface area contributed by atoms with Crippen molar-refractivity contribution in [3.05, 3.63) is 41.0 Å². The van der Waals surface area contributed by atoms with Gasteiger partial charge in [0.25, 0.3) is 0 Å². The average molecular weight is 219 g/mol. The SMILES string of the molecule is Cc1cc(C)c(NC/C=C/C(=O)O)c(C)c1. The van der Waals surface area contributed by atoms with Crippen LogP contribution in [-0.4, -0.2) is 17.6 Å². The zero-order valence-electron chi connectivity index (χ0n) is 9.87. The third-order valence-corrected chi connectivity index (χ3v) is 2.33. The van der Waals surface area contributed by atoms with Crippen LogP contribution in [0.1, 0.15) is 16.7 Å². The van der Waals surface area contributed by atoms with E-state index in [0.29, 0.717) is 6.54 Å². The van der Waals surface area contributed by atoms with Gasteiger partial charge in [-0.3, -0.25) is 0 Å². The van der Waals surface area contributed by atoms with Crippen LogP contribution in [0.4, 0.5) is 5.69 Å². The largest absolute Gasteiger partial charge is 0.478 e. The van der Waals surface area contributed by atoms with Crippen LogP contribution in [0.2, 0.25) is 0 Å². The molecule has 0 bridgehead atoms. The Bertz CT molecular complexity index is 399. The van der Waals surface area contributed by atoms with E-state index in [9.17, 15) is 4.79 Å². The monoisotopic (exact) mass is 219 g/mol. The van der Waals surface area contributed by atoms with Crippen LogP contribution in [0.3, 0.4) is 0 Å². The molecule has 0 aliphatic rings. The van der Waals surface area contributed by atoms with Gasteiger partial charge in [-0.2, -0.15) is 0 Å². The van der Waals surface area contributed by atoms with Crippen molar-refractivity contribution in [3.8, 4) is 0 Å². The number of aryl methyl sites for hydroxylation is 3. The minimum absolute atomic E-state index is 0.525. The van der Waals surface area contributed by atoms with Gasteiger partial charge >= 0.3 is 5.97 Å². The second-order valence-electron chi connectivity index (χ2n) is 3.90. The van der Waals surface area contributed by atoms with Crippen LogP contribution in [0, 0.1) is 20.8 Å². The molecule has 3 heteroatoms. The third kappa shape index (κ3) is 3.42. The smallest absolute Gasteiger partial charge is 0.328 e. The maximum Gasteiger partial charge on any atom is 0.328 e. The summed E-state index contributed by atoms with van der Waals surface area (Å²) in [7, 11) is 0. The molecule has 2 N–H and O–H groups in total. The molecule has 16 heavy (non-hydrogen) atoms. The molecule has 0 saturated carbocycles. The first-order valence-electron chi connectivity index (χ1n) is 5.22. The van der Waals surface area contributed by atoms with Crippen LogP contribution < -0.4 is 5.32 Å². The van der Waals surface area contributed by atoms with Crippen LogP contribution in [0.15, 0.2) is 24.3 Å². The molecule has 1 aromatic carbocycles. The first kappa shape index (κ1) is 12.3. The molecule has 0 saturated heterocycles. The lowest BCUT2D eigenvalue weighted by Crippen LogP contribution is -2.03. The second-order valence-corrected chi connectivity index (χ2v) is 3.90. The fraction of sp³-hybridized carbons (Fsp3) is 0.308. The summed E-state index contributed by atoms with van der Waals surface area (Å²) in [5.41, 5.74) is 4.68. The van der Waals surface area contributed by atoms with E-state index in [1.165, 1.54) is 16.7 Å². The zero-order chi connectivity index (χ0) is 12.1. The van der Waals surface area contributed by atoms with Gasteiger partial charge in [0.2, 0.25) is 0 Å². The predicted octanol–water partition coefficient (Wildman–Crippen LogP) is 2.66. The molecule has 0 radical (unpaired) electrons. The number of anilines is 1. The fourth-order valence-corrected chi connectivity index (χ4v) is 1.78. The minimum Gasteiger partial charge on any atom is -0.478 e. The van der Waals surface area contributed by atoms with Gasteiger partial charge < -0.3 is 10.4 Å². The fourth-order valence-electron chi connectivity index (χ4n) is 1.78. The number of hydrogen-bond donors (Lipinski definition) is 2. The quantitative estimate of drug-likeness (QED) is 0.765. The lowest BCUT2D eigenvalue weighted by Gasteiger charge is -2.12. The molecule has 0 aromatic heterocycles. The van der Waals surface area contributed by atoms with Gasteiger partial charge in [-0.25, -0.2) is 4.79 Å². The lowest BCUT2D eigenvalue weighted by atomic mass is 10.1. The van der Waals surface area contributed by atoms with E-state index in [2.05, 4.69) is 24.4 Å². The predicted molar refractivity (Wildman–Crippen MR) is 65.9 cm³/mol. The highest BCUT2D eigenvalue weighted by molar-refractivity contribution is 5.79. The molecular weight excluding hydrogens is 202 g/mol. The molecule has 1 aromatic rings. The maximum atomic E-state index is 10.3. The third-order valence-electron chi connectivity index (χ3n) is 2.33. The summed E-state index contributed by atoms with van der Waals surface area (Å²) in [6.45, 7) is 6.68. The van der Waals surface area contributed by atoms with Crippen LogP contribution in [0.5, 0.6) is 0 Å². The van der Waals surface area contributed by atoms with E-state index in [1.54, 1.807) is 6.08 Å². The van der Waals surface area contributed by atoms with E-state index in [1.807, 2.05) is 13.8 Å². The van der Waals surface area contributed by atoms with Gasteiger partial charge in [0, 0.05) is 18.3 Å². The molecule has 0 atom stereocenters. The summed E-state index contributed by atoms with van der Waals surface area (Å²) in [6.07, 6.45) is 2.74. The normalized spacial score (nSPS) is 10.7. The van der Waals surface area contributed by atoms with Crippen molar-refractivity contribution in [3.63, 3.8) is 0 Å². The Morgan fingerprint density at radius 3 is 2.38 bits per heavy atom. The van der Waals surface area contributed by atoms with Crippen LogP contribution >= 0.6 is 0 Å². The summed E-state index contributed by atoms with van der Waals surface area (Å²) in [5, 5.41) is 11.7. The van der Waals surface area contributed by atoms with Crippen molar-refractivity contribution in [1.29, 1.82) is 0 Å². The van der Waals surface area contributed by atoms with E-state index in [-0.39, 0.29) is 0 Å². The van der Waals surface area contributed by atoms with Gasteiger partial charge in [-0.05, 0) is 31.9 Å². The van der Waals surface area contributed by atoms with Gasteiger partial charge in [-0.1, -0.05) is 23.8 Å². The van der Waals surface area contributed by atoms with Crippen molar-refractivity contribution in [2.24, 2.45) is 0 Å². The zero-order valence-corrected chi connectivity index (χ0v) is 9.87. The number of carboxylic acid groups (broad SMARTS) is 1. The Kier molecular flexibility index (Phi) is 4.11. The average Bonchev–Trinajstić information content (AvgIpc) is 2.14. The number of benzene rings is 1. The summed E-state index contributed by atoms with van der Waals surface area (Å²) in [5.74, 6) is -0.917.